The van der Waals surface area contributed by atoms with Crippen LogP contribution in [0.15, 0.2) is 16.7 Å². The van der Waals surface area contributed by atoms with Crippen LogP contribution in [0.2, 0.25) is 0 Å². The van der Waals surface area contributed by atoms with Crippen LogP contribution in [0.5, 0.6) is 0 Å². The number of hydrogen-bond acceptors (Lipinski definition) is 5. The number of rotatable bonds is 4. The number of anilines is 2. The Kier molecular flexibility index (Phi) is 4.47. The summed E-state index contributed by atoms with van der Waals surface area (Å²) in [5.41, 5.74) is 7.23. The van der Waals surface area contributed by atoms with E-state index in [2.05, 4.69) is 26.2 Å². The van der Waals surface area contributed by atoms with Gasteiger partial charge in [0.1, 0.15) is 5.82 Å². The number of amides is 1. The Hall–Kier alpha value is -2.01. The molecule has 2 rings (SSSR count). The van der Waals surface area contributed by atoms with E-state index in [0.29, 0.717) is 4.47 Å². The molecule has 0 spiro atoms. The Morgan fingerprint density at radius 3 is 2.77 bits per heavy atom. The lowest BCUT2D eigenvalue weighted by Crippen LogP contribution is -2.27. The molecule has 2 heterocycles. The Labute approximate surface area is 130 Å². The maximum Gasteiger partial charge on any atom is 0.394 e. The number of nitrogens with zero attached hydrogens (tertiary/aromatic N) is 2. The van der Waals surface area contributed by atoms with Crippen LogP contribution >= 0.6 is 15.9 Å². The van der Waals surface area contributed by atoms with Crippen molar-refractivity contribution in [3.8, 4) is 0 Å². The summed E-state index contributed by atoms with van der Waals surface area (Å²) in [6, 6.07) is 1.50. The van der Waals surface area contributed by atoms with E-state index < -0.39 is 25.0 Å². The van der Waals surface area contributed by atoms with E-state index in [1.165, 1.54) is 22.1 Å². The van der Waals surface area contributed by atoms with Crippen LogP contribution in [0.25, 0.3) is 5.65 Å². The van der Waals surface area contributed by atoms with E-state index in [9.17, 15) is 18.0 Å². The Bertz CT molecular complexity index is 716. The van der Waals surface area contributed by atoms with E-state index in [0.717, 1.165) is 0 Å². The Morgan fingerprint density at radius 2 is 2.18 bits per heavy atom. The molecular weight excluding hydrogens is 371 g/mol. The smallest absolute Gasteiger partial charge is 0.394 e. The van der Waals surface area contributed by atoms with Crippen LogP contribution in [0.1, 0.15) is 5.69 Å². The highest BCUT2D eigenvalue weighted by Crippen LogP contribution is 2.30. The van der Waals surface area contributed by atoms with Crippen LogP contribution in [0, 0.1) is 0 Å². The van der Waals surface area contributed by atoms with Crippen LogP contribution in [-0.4, -0.2) is 33.2 Å². The van der Waals surface area contributed by atoms with Crippen molar-refractivity contribution in [3.05, 3.63) is 22.4 Å². The molecule has 0 aliphatic rings. The quantitative estimate of drug-likeness (QED) is 0.476. The molecule has 0 bridgehead atoms. The second kappa shape index (κ2) is 6.01. The predicted molar refractivity (Wildman–Crippen MR) is 75.5 cm³/mol. The molecule has 0 unspecified atom stereocenters. The highest BCUT2D eigenvalue weighted by atomic mass is 79.9. The van der Waals surface area contributed by atoms with Gasteiger partial charge in [0.25, 0.3) is 5.91 Å². The van der Waals surface area contributed by atoms with E-state index >= 15 is 0 Å². The minimum Gasteiger partial charge on any atom is -0.396 e. The van der Waals surface area contributed by atoms with Crippen molar-refractivity contribution in [2.75, 3.05) is 17.6 Å². The molecule has 120 valence electrons. The molecule has 11 heteroatoms. The van der Waals surface area contributed by atoms with Crippen molar-refractivity contribution >= 4 is 39.0 Å². The second-order valence-corrected chi connectivity index (χ2v) is 5.31. The summed E-state index contributed by atoms with van der Waals surface area (Å²) in [5, 5.41) is 10.9. The minimum absolute atomic E-state index is 0.134. The fourth-order valence-corrected chi connectivity index (χ4v) is 2.34. The van der Waals surface area contributed by atoms with E-state index in [4.69, 9.17) is 10.9 Å². The van der Waals surface area contributed by atoms with Gasteiger partial charge in [-0.25, -0.2) is 10.5 Å². The molecule has 22 heavy (non-hydrogen) atoms. The van der Waals surface area contributed by atoms with E-state index in [-0.39, 0.29) is 22.8 Å². The lowest BCUT2D eigenvalue weighted by molar-refractivity contribution is -0.128. The number of carbonyl (C=O) groups excluding carboxylic acids is 1. The third-order valence-electron chi connectivity index (χ3n) is 2.72. The van der Waals surface area contributed by atoms with Crippen LogP contribution in [0.4, 0.5) is 24.7 Å². The largest absolute Gasteiger partial charge is 0.396 e. The van der Waals surface area contributed by atoms with Crippen molar-refractivity contribution in [1.82, 2.24) is 14.9 Å². The minimum atomic E-state index is -4.47. The number of imidazole rings is 1. The molecule has 0 aromatic carbocycles. The monoisotopic (exact) mass is 381 g/mol. The molecule has 0 aliphatic carbocycles. The second-order valence-electron chi connectivity index (χ2n) is 4.39. The van der Waals surface area contributed by atoms with Gasteiger partial charge < -0.3 is 11.1 Å². The number of hydrogen-bond donors (Lipinski definition) is 4. The first-order valence-electron chi connectivity index (χ1n) is 5.91. The number of carbonyl (C=O) groups is 1. The van der Waals surface area contributed by atoms with Gasteiger partial charge in [-0.2, -0.15) is 13.2 Å². The molecule has 0 saturated carbocycles. The third-order valence-corrected chi connectivity index (χ3v) is 3.16. The van der Waals surface area contributed by atoms with Gasteiger partial charge in [0.05, 0.1) is 24.3 Å². The van der Waals surface area contributed by atoms with E-state index in [1.807, 2.05) is 0 Å². The first-order valence-corrected chi connectivity index (χ1v) is 6.70. The normalized spacial score (nSPS) is 11.7. The molecule has 7 nitrogen and oxygen atoms in total. The summed E-state index contributed by atoms with van der Waals surface area (Å²) >= 11 is 3.15. The number of nitrogens with two attached hydrogens (primary N) is 1. The zero-order valence-corrected chi connectivity index (χ0v) is 12.5. The molecule has 1 amide bonds. The van der Waals surface area contributed by atoms with Gasteiger partial charge in [-0.3, -0.25) is 14.4 Å². The molecule has 2 aromatic heterocycles. The molecule has 0 saturated heterocycles. The van der Waals surface area contributed by atoms with Gasteiger partial charge in [-0.1, -0.05) is 0 Å². The molecule has 0 fully saturated rings. The van der Waals surface area contributed by atoms with E-state index in [1.54, 1.807) is 0 Å². The average Bonchev–Trinajstić information content (AvgIpc) is 2.73. The maximum atomic E-state index is 12.8. The van der Waals surface area contributed by atoms with Crippen LogP contribution < -0.4 is 16.5 Å². The number of nitrogen functional groups attached to an aromatic ring is 1. The predicted octanol–water partition coefficient (Wildman–Crippen LogP) is 1.70. The number of aromatic nitrogens is 2. The van der Waals surface area contributed by atoms with Crippen LogP contribution in [0.3, 0.4) is 0 Å². The van der Waals surface area contributed by atoms with Crippen LogP contribution in [-0.2, 0) is 11.2 Å². The Balaban J connectivity index is 2.51. The molecule has 0 aliphatic heterocycles. The number of nitrogens with one attached hydrogen (secondary N) is 2. The zero-order chi connectivity index (χ0) is 16.5. The maximum absolute atomic E-state index is 12.8. The first kappa shape index (κ1) is 16.4. The van der Waals surface area contributed by atoms with Gasteiger partial charge in [0, 0.05) is 10.7 Å². The number of alkyl halides is 3. The number of pyridine rings is 1. The standard InChI is InChI=1S/C11H11BrF3N5O2/c12-5-1-6(16)10-18-9(17-3-8(21)19-22)7(20(10)4-5)2-11(13,14)15/h1,4,17,22H,2-3,16H2,(H,19,21). The summed E-state index contributed by atoms with van der Waals surface area (Å²) in [4.78, 5) is 15.0. The van der Waals surface area contributed by atoms with Crippen molar-refractivity contribution in [2.24, 2.45) is 0 Å². The number of fused-ring (bicyclic) bond motifs is 1. The highest BCUT2D eigenvalue weighted by Gasteiger charge is 2.32. The lowest BCUT2D eigenvalue weighted by atomic mass is 10.3. The molecule has 0 radical (unpaired) electrons. The molecular formula is C11H11BrF3N5O2. The third kappa shape index (κ3) is 3.60. The summed E-state index contributed by atoms with van der Waals surface area (Å²) < 4.78 is 40.0. The zero-order valence-electron chi connectivity index (χ0n) is 10.9. The summed E-state index contributed by atoms with van der Waals surface area (Å²) in [7, 11) is 0. The lowest BCUT2D eigenvalue weighted by Gasteiger charge is -2.10. The van der Waals surface area contributed by atoms with Crippen molar-refractivity contribution in [3.63, 3.8) is 0 Å². The fourth-order valence-electron chi connectivity index (χ4n) is 1.89. The average molecular weight is 382 g/mol. The van der Waals surface area contributed by atoms with Gasteiger partial charge >= 0.3 is 6.18 Å². The van der Waals surface area contributed by atoms with Gasteiger partial charge in [0.2, 0.25) is 0 Å². The van der Waals surface area contributed by atoms with Gasteiger partial charge in [0.15, 0.2) is 5.65 Å². The summed E-state index contributed by atoms with van der Waals surface area (Å²) in [5.74, 6) is -0.949. The van der Waals surface area contributed by atoms with Crippen molar-refractivity contribution in [1.29, 1.82) is 0 Å². The van der Waals surface area contributed by atoms with Gasteiger partial charge in [-0.05, 0) is 22.0 Å². The van der Waals surface area contributed by atoms with Crippen molar-refractivity contribution in [2.45, 2.75) is 12.6 Å². The fraction of sp³-hybridized carbons (Fsp3) is 0.273. The molecule has 0 atom stereocenters. The summed E-state index contributed by atoms with van der Waals surface area (Å²) in [6.07, 6.45) is -4.33. The van der Waals surface area contributed by atoms with Crippen molar-refractivity contribution < 1.29 is 23.2 Å². The number of halogens is 4. The number of hydroxylamine groups is 1. The molecule has 5 N–H and O–H groups in total. The molecule has 2 aromatic rings. The SMILES string of the molecule is Nc1cc(Br)cn2c(CC(F)(F)F)c(NCC(=O)NO)nc12. The topological polar surface area (TPSA) is 105 Å². The Morgan fingerprint density at radius 1 is 1.50 bits per heavy atom. The summed E-state index contributed by atoms with van der Waals surface area (Å²) in [6.45, 7) is -0.438. The van der Waals surface area contributed by atoms with Gasteiger partial charge in [-0.15, -0.1) is 0 Å². The first-order chi connectivity index (χ1) is 10.2. The highest BCUT2D eigenvalue weighted by molar-refractivity contribution is 9.10.